The van der Waals surface area contributed by atoms with Gasteiger partial charge in [0, 0.05) is 25.5 Å². The number of nitrogens with zero attached hydrogens (tertiary/aromatic N) is 1. The maximum Gasteiger partial charge on any atom is 0.246 e. The normalized spacial score (nSPS) is 19.4. The number of rotatable bonds is 5. The molecule has 17 heavy (non-hydrogen) atoms. The highest BCUT2D eigenvalue weighted by Gasteiger charge is 2.33. The van der Waals surface area contributed by atoms with E-state index in [1.54, 1.807) is 12.4 Å². The summed E-state index contributed by atoms with van der Waals surface area (Å²) in [6.07, 6.45) is 3.39. The third-order valence-corrected chi connectivity index (χ3v) is 2.86. The molecule has 1 atom stereocenters. The Morgan fingerprint density at radius 1 is 1.71 bits per heavy atom. The molecule has 1 aromatic heterocycles. The van der Waals surface area contributed by atoms with Crippen LogP contribution in [0.4, 0.5) is 0 Å². The van der Waals surface area contributed by atoms with Crippen LogP contribution in [-0.2, 0) is 9.53 Å². The Hall–Kier alpha value is -1.40. The number of hydrogen-bond donors (Lipinski definition) is 3. The Kier molecular flexibility index (Phi) is 3.44. The zero-order chi connectivity index (χ0) is 12.3. The van der Waals surface area contributed by atoms with Crippen LogP contribution in [0.25, 0.3) is 0 Å². The summed E-state index contributed by atoms with van der Waals surface area (Å²) in [6, 6.07) is -0.131. The van der Waals surface area contributed by atoms with Crippen molar-refractivity contribution < 1.29 is 9.53 Å². The molecule has 0 aliphatic carbocycles. The number of carbonyl (C=O) groups excluding carboxylic acids is 1. The van der Waals surface area contributed by atoms with E-state index < -0.39 is 0 Å². The van der Waals surface area contributed by atoms with Crippen molar-refractivity contribution in [2.24, 2.45) is 0 Å². The van der Waals surface area contributed by atoms with E-state index in [4.69, 9.17) is 4.74 Å². The van der Waals surface area contributed by atoms with E-state index in [1.807, 2.05) is 13.8 Å². The molecule has 2 heterocycles. The zero-order valence-electron chi connectivity index (χ0n) is 10.1. The lowest BCUT2D eigenvalue weighted by Crippen LogP contribution is -2.59. The van der Waals surface area contributed by atoms with Crippen LogP contribution in [0.2, 0.25) is 0 Å². The van der Waals surface area contributed by atoms with Gasteiger partial charge in [-0.25, -0.2) is 4.98 Å². The lowest BCUT2D eigenvalue weighted by Gasteiger charge is -2.38. The molecule has 0 radical (unpaired) electrons. The average molecular weight is 238 g/mol. The van der Waals surface area contributed by atoms with Crippen LogP contribution in [0.1, 0.15) is 25.7 Å². The van der Waals surface area contributed by atoms with E-state index in [0.29, 0.717) is 0 Å². The summed E-state index contributed by atoms with van der Waals surface area (Å²) in [7, 11) is 0. The predicted molar refractivity (Wildman–Crippen MR) is 62.4 cm³/mol. The smallest absolute Gasteiger partial charge is 0.246 e. The SMILES string of the molecule is CC(NC(=O)COC1(C)CNC1)c1ncc[nH]1. The van der Waals surface area contributed by atoms with Crippen LogP contribution in [-0.4, -0.2) is 41.2 Å². The van der Waals surface area contributed by atoms with Gasteiger partial charge in [0.05, 0.1) is 11.6 Å². The fourth-order valence-corrected chi connectivity index (χ4v) is 1.68. The summed E-state index contributed by atoms with van der Waals surface area (Å²) >= 11 is 0. The first kappa shape index (κ1) is 12.1. The van der Waals surface area contributed by atoms with Gasteiger partial charge < -0.3 is 20.4 Å². The number of aromatic amines is 1. The molecule has 0 spiro atoms. The van der Waals surface area contributed by atoms with Crippen LogP contribution in [0.15, 0.2) is 12.4 Å². The minimum Gasteiger partial charge on any atom is -0.363 e. The van der Waals surface area contributed by atoms with Crippen molar-refractivity contribution in [1.29, 1.82) is 0 Å². The minimum absolute atomic E-state index is 0.0865. The number of amides is 1. The first-order chi connectivity index (χ1) is 8.09. The highest BCUT2D eigenvalue weighted by molar-refractivity contribution is 5.77. The van der Waals surface area contributed by atoms with Crippen molar-refractivity contribution in [3.05, 3.63) is 18.2 Å². The minimum atomic E-state index is -0.189. The second-order valence-corrected chi connectivity index (χ2v) is 4.61. The number of ether oxygens (including phenoxy) is 1. The second-order valence-electron chi connectivity index (χ2n) is 4.61. The van der Waals surface area contributed by atoms with E-state index in [0.717, 1.165) is 18.9 Å². The monoisotopic (exact) mass is 238 g/mol. The molecule has 0 bridgehead atoms. The summed E-state index contributed by atoms with van der Waals surface area (Å²) in [5.74, 6) is 0.622. The Labute approximate surface area is 100 Å². The molecule has 1 aliphatic heterocycles. The standard InChI is InChI=1S/C11H18N4O2/c1-8(10-13-3-4-14-10)15-9(16)5-17-11(2)6-12-7-11/h3-4,8,12H,5-7H2,1-2H3,(H,13,14)(H,15,16). The van der Waals surface area contributed by atoms with E-state index >= 15 is 0 Å². The Balaban J connectivity index is 1.73. The number of hydrogen-bond acceptors (Lipinski definition) is 4. The van der Waals surface area contributed by atoms with Crippen LogP contribution in [0, 0.1) is 0 Å². The van der Waals surface area contributed by atoms with Gasteiger partial charge in [-0.2, -0.15) is 0 Å². The average Bonchev–Trinajstić information content (AvgIpc) is 2.77. The zero-order valence-corrected chi connectivity index (χ0v) is 10.1. The van der Waals surface area contributed by atoms with Crippen molar-refractivity contribution in [3.63, 3.8) is 0 Å². The molecular weight excluding hydrogens is 220 g/mol. The molecular formula is C11H18N4O2. The van der Waals surface area contributed by atoms with Crippen LogP contribution in [0.5, 0.6) is 0 Å². The Bertz CT molecular complexity index is 373. The van der Waals surface area contributed by atoms with E-state index in [2.05, 4.69) is 20.6 Å². The topological polar surface area (TPSA) is 79.0 Å². The molecule has 94 valence electrons. The number of carbonyl (C=O) groups is 1. The van der Waals surface area contributed by atoms with Crippen molar-refractivity contribution >= 4 is 5.91 Å². The van der Waals surface area contributed by atoms with E-state index in [1.165, 1.54) is 0 Å². The third-order valence-electron chi connectivity index (χ3n) is 2.86. The third kappa shape index (κ3) is 3.04. The maximum absolute atomic E-state index is 11.6. The fourth-order valence-electron chi connectivity index (χ4n) is 1.68. The van der Waals surface area contributed by atoms with Gasteiger partial charge in [-0.1, -0.05) is 0 Å². The molecule has 0 aromatic carbocycles. The van der Waals surface area contributed by atoms with E-state index in [-0.39, 0.29) is 24.2 Å². The molecule has 1 unspecified atom stereocenters. The lowest BCUT2D eigenvalue weighted by molar-refractivity contribution is -0.136. The van der Waals surface area contributed by atoms with Gasteiger partial charge >= 0.3 is 0 Å². The van der Waals surface area contributed by atoms with Gasteiger partial charge in [0.25, 0.3) is 0 Å². The predicted octanol–water partition coefficient (Wildman–Crippen LogP) is -0.0346. The van der Waals surface area contributed by atoms with Crippen molar-refractivity contribution in [3.8, 4) is 0 Å². The van der Waals surface area contributed by atoms with Crippen molar-refractivity contribution in [1.82, 2.24) is 20.6 Å². The molecule has 6 heteroatoms. The molecule has 2 rings (SSSR count). The molecule has 1 fully saturated rings. The van der Waals surface area contributed by atoms with Gasteiger partial charge in [-0.05, 0) is 13.8 Å². The Morgan fingerprint density at radius 2 is 2.47 bits per heavy atom. The van der Waals surface area contributed by atoms with Gasteiger partial charge in [0.1, 0.15) is 12.4 Å². The summed E-state index contributed by atoms with van der Waals surface area (Å²) in [5, 5.41) is 5.94. The summed E-state index contributed by atoms with van der Waals surface area (Å²) in [4.78, 5) is 18.7. The summed E-state index contributed by atoms with van der Waals surface area (Å²) in [6.45, 7) is 5.56. The number of H-pyrrole nitrogens is 1. The van der Waals surface area contributed by atoms with Gasteiger partial charge in [-0.3, -0.25) is 4.79 Å². The summed E-state index contributed by atoms with van der Waals surface area (Å²) < 4.78 is 5.54. The largest absolute Gasteiger partial charge is 0.363 e. The van der Waals surface area contributed by atoms with E-state index in [9.17, 15) is 4.79 Å². The quantitative estimate of drug-likeness (QED) is 0.673. The van der Waals surface area contributed by atoms with Crippen LogP contribution < -0.4 is 10.6 Å². The lowest BCUT2D eigenvalue weighted by atomic mass is 10.0. The number of imidazole rings is 1. The highest BCUT2D eigenvalue weighted by Crippen LogP contribution is 2.14. The molecule has 0 saturated carbocycles. The number of nitrogens with one attached hydrogen (secondary N) is 3. The molecule has 3 N–H and O–H groups in total. The second kappa shape index (κ2) is 4.85. The van der Waals surface area contributed by atoms with Gasteiger partial charge in [0.15, 0.2) is 0 Å². The molecule has 1 aromatic rings. The highest BCUT2D eigenvalue weighted by atomic mass is 16.5. The maximum atomic E-state index is 11.6. The fraction of sp³-hybridized carbons (Fsp3) is 0.636. The first-order valence-electron chi connectivity index (χ1n) is 5.72. The van der Waals surface area contributed by atoms with Gasteiger partial charge in [-0.15, -0.1) is 0 Å². The molecule has 1 saturated heterocycles. The van der Waals surface area contributed by atoms with Crippen LogP contribution in [0.3, 0.4) is 0 Å². The first-order valence-corrected chi connectivity index (χ1v) is 5.72. The molecule has 1 amide bonds. The summed E-state index contributed by atoms with van der Waals surface area (Å²) in [5.41, 5.74) is -0.189. The van der Waals surface area contributed by atoms with Crippen LogP contribution >= 0.6 is 0 Å². The molecule has 6 nitrogen and oxygen atoms in total. The van der Waals surface area contributed by atoms with Crippen molar-refractivity contribution in [2.75, 3.05) is 19.7 Å². The van der Waals surface area contributed by atoms with Gasteiger partial charge in [0.2, 0.25) is 5.91 Å². The number of aromatic nitrogens is 2. The van der Waals surface area contributed by atoms with Crippen molar-refractivity contribution in [2.45, 2.75) is 25.5 Å². The molecule has 1 aliphatic rings. The Morgan fingerprint density at radius 3 is 3.00 bits per heavy atom.